The van der Waals surface area contributed by atoms with Crippen LogP contribution in [-0.4, -0.2) is 36.9 Å². The number of carbonyl (C=O) groups excluding carboxylic acids is 1. The van der Waals surface area contributed by atoms with Gasteiger partial charge in [0, 0.05) is 66.0 Å². The molecule has 3 heterocycles. The number of rotatable bonds is 5. The fourth-order valence-corrected chi connectivity index (χ4v) is 5.48. The number of ketones is 1. The van der Waals surface area contributed by atoms with Gasteiger partial charge in [-0.15, -0.1) is 0 Å². The standard InChI is InChI=1S/C27H23F3N4O3/c28-20-10-23-33-24-21(36)9-18(17-3-1-2-4-22(17)37-27(29)30)25(24)34(23)13-19(20)15-11-31-26(32-12-15)14-5-7-16(35)8-6-14/h1-4,10-14,18,21,27,36H,5-9H2/t18-,21-/m1/s1. The number of pyridine rings is 1. The van der Waals surface area contributed by atoms with Crippen LogP contribution in [-0.2, 0) is 4.79 Å². The van der Waals surface area contributed by atoms with E-state index in [1.54, 1.807) is 41.2 Å². The third-order valence-electron chi connectivity index (χ3n) is 7.28. The molecule has 10 heteroatoms. The first kappa shape index (κ1) is 23.6. The van der Waals surface area contributed by atoms with Crippen LogP contribution < -0.4 is 4.74 Å². The number of carbonyl (C=O) groups is 1. The lowest BCUT2D eigenvalue weighted by Gasteiger charge is -2.19. The van der Waals surface area contributed by atoms with E-state index < -0.39 is 24.5 Å². The van der Waals surface area contributed by atoms with E-state index in [9.17, 15) is 18.7 Å². The Balaban J connectivity index is 1.39. The molecule has 2 atom stereocenters. The van der Waals surface area contributed by atoms with E-state index in [4.69, 9.17) is 4.74 Å². The minimum Gasteiger partial charge on any atom is -0.435 e. The molecule has 190 valence electrons. The van der Waals surface area contributed by atoms with Crippen LogP contribution in [0.25, 0.3) is 16.8 Å². The summed E-state index contributed by atoms with van der Waals surface area (Å²) in [4.78, 5) is 24.9. The highest BCUT2D eigenvalue weighted by molar-refractivity contribution is 5.79. The van der Waals surface area contributed by atoms with E-state index in [0.717, 1.165) is 0 Å². The molecule has 2 aliphatic rings. The number of benzene rings is 1. The van der Waals surface area contributed by atoms with Crippen LogP contribution in [0.15, 0.2) is 48.9 Å². The van der Waals surface area contributed by atoms with Gasteiger partial charge in [0.05, 0.1) is 17.5 Å². The Hall–Kier alpha value is -3.79. The van der Waals surface area contributed by atoms with Crippen LogP contribution >= 0.6 is 0 Å². The van der Waals surface area contributed by atoms with Gasteiger partial charge in [-0.1, -0.05) is 18.2 Å². The number of alkyl halides is 2. The van der Waals surface area contributed by atoms with E-state index >= 15 is 4.39 Å². The van der Waals surface area contributed by atoms with E-state index in [1.807, 2.05) is 0 Å². The van der Waals surface area contributed by atoms with Crippen molar-refractivity contribution >= 4 is 11.4 Å². The number of hydrogen-bond acceptors (Lipinski definition) is 6. The summed E-state index contributed by atoms with van der Waals surface area (Å²) in [5.41, 5.74) is 2.48. The smallest absolute Gasteiger partial charge is 0.387 e. The quantitative estimate of drug-likeness (QED) is 0.392. The van der Waals surface area contributed by atoms with Crippen LogP contribution in [0.5, 0.6) is 5.75 Å². The van der Waals surface area contributed by atoms with E-state index in [-0.39, 0.29) is 29.4 Å². The molecule has 0 spiro atoms. The Morgan fingerprint density at radius 1 is 1.11 bits per heavy atom. The molecule has 1 saturated carbocycles. The molecule has 0 radical (unpaired) electrons. The summed E-state index contributed by atoms with van der Waals surface area (Å²) in [5, 5.41) is 10.7. The molecule has 0 bridgehead atoms. The first-order valence-corrected chi connectivity index (χ1v) is 12.2. The lowest BCUT2D eigenvalue weighted by Crippen LogP contribution is -2.14. The fraction of sp³-hybridized carbons (Fsp3) is 0.333. The Labute approximate surface area is 210 Å². The van der Waals surface area contributed by atoms with Crippen LogP contribution in [0.4, 0.5) is 13.2 Å². The first-order chi connectivity index (χ1) is 17.9. The van der Waals surface area contributed by atoms with Crippen molar-refractivity contribution < 1.29 is 27.8 Å². The highest BCUT2D eigenvalue weighted by atomic mass is 19.3. The molecule has 1 N–H and O–H groups in total. The van der Waals surface area contributed by atoms with Gasteiger partial charge in [-0.3, -0.25) is 4.79 Å². The number of fused-ring (bicyclic) bond motifs is 3. The minimum atomic E-state index is -2.99. The molecule has 0 unspecified atom stereocenters. The van der Waals surface area contributed by atoms with Gasteiger partial charge in [-0.2, -0.15) is 8.78 Å². The van der Waals surface area contributed by atoms with Crippen molar-refractivity contribution in [1.29, 1.82) is 0 Å². The molecule has 1 aromatic carbocycles. The predicted octanol–water partition coefficient (Wildman–Crippen LogP) is 5.33. The average molecular weight is 509 g/mol. The van der Waals surface area contributed by atoms with Crippen molar-refractivity contribution in [3.63, 3.8) is 0 Å². The number of aliphatic hydroxyl groups is 1. The topological polar surface area (TPSA) is 89.6 Å². The third-order valence-corrected chi connectivity index (χ3v) is 7.28. The van der Waals surface area contributed by atoms with Gasteiger partial charge in [0.2, 0.25) is 0 Å². The van der Waals surface area contributed by atoms with Crippen molar-refractivity contribution in [2.75, 3.05) is 0 Å². The number of nitrogens with zero attached hydrogens (tertiary/aromatic N) is 4. The maximum atomic E-state index is 15.2. The molecule has 1 fully saturated rings. The van der Waals surface area contributed by atoms with Gasteiger partial charge >= 0.3 is 6.61 Å². The van der Waals surface area contributed by atoms with Crippen LogP contribution in [0.2, 0.25) is 0 Å². The summed E-state index contributed by atoms with van der Waals surface area (Å²) in [7, 11) is 0. The summed E-state index contributed by atoms with van der Waals surface area (Å²) in [5.74, 6) is 0.00849. The summed E-state index contributed by atoms with van der Waals surface area (Å²) in [6.07, 6.45) is 6.47. The lowest BCUT2D eigenvalue weighted by molar-refractivity contribution is -0.120. The summed E-state index contributed by atoms with van der Waals surface area (Å²) >= 11 is 0. The van der Waals surface area contributed by atoms with Crippen molar-refractivity contribution in [2.24, 2.45) is 0 Å². The van der Waals surface area contributed by atoms with Crippen LogP contribution in [0.3, 0.4) is 0 Å². The van der Waals surface area contributed by atoms with Crippen molar-refractivity contribution in [2.45, 2.75) is 56.7 Å². The molecule has 2 aliphatic carbocycles. The van der Waals surface area contributed by atoms with Gasteiger partial charge in [-0.25, -0.2) is 19.3 Å². The van der Waals surface area contributed by atoms with Crippen LogP contribution in [0, 0.1) is 5.82 Å². The Morgan fingerprint density at radius 2 is 1.84 bits per heavy atom. The molecule has 3 aromatic heterocycles. The van der Waals surface area contributed by atoms with E-state index in [0.29, 0.717) is 59.7 Å². The maximum Gasteiger partial charge on any atom is 0.387 e. The number of aliphatic hydroxyl groups excluding tert-OH is 1. The molecule has 7 nitrogen and oxygen atoms in total. The molecule has 0 saturated heterocycles. The molecular formula is C27H23F3N4O3. The van der Waals surface area contributed by atoms with Gasteiger partial charge in [0.15, 0.2) is 0 Å². The highest BCUT2D eigenvalue weighted by Gasteiger charge is 2.37. The van der Waals surface area contributed by atoms with Gasteiger partial charge in [-0.05, 0) is 25.3 Å². The predicted molar refractivity (Wildman–Crippen MR) is 127 cm³/mol. The highest BCUT2D eigenvalue weighted by Crippen LogP contribution is 2.47. The molecule has 6 rings (SSSR count). The van der Waals surface area contributed by atoms with E-state index in [1.165, 1.54) is 12.1 Å². The van der Waals surface area contributed by atoms with Gasteiger partial charge in [0.1, 0.15) is 28.8 Å². The average Bonchev–Trinajstić information content (AvgIpc) is 3.41. The van der Waals surface area contributed by atoms with Crippen molar-refractivity contribution in [3.8, 4) is 16.9 Å². The number of Topliss-reactive ketones (excluding diaryl/α,β-unsaturated/α-hetero) is 1. The number of hydrogen-bond donors (Lipinski definition) is 1. The lowest BCUT2D eigenvalue weighted by atomic mass is 9.88. The Morgan fingerprint density at radius 3 is 2.57 bits per heavy atom. The monoisotopic (exact) mass is 508 g/mol. The molecule has 37 heavy (non-hydrogen) atoms. The molecule has 0 aliphatic heterocycles. The number of ether oxygens (including phenoxy) is 1. The van der Waals surface area contributed by atoms with Gasteiger partial charge in [0.25, 0.3) is 0 Å². The van der Waals surface area contributed by atoms with Crippen molar-refractivity contribution in [3.05, 3.63) is 77.5 Å². The van der Waals surface area contributed by atoms with Gasteiger partial charge < -0.3 is 14.2 Å². The zero-order valence-electron chi connectivity index (χ0n) is 19.7. The van der Waals surface area contributed by atoms with Crippen LogP contribution in [0.1, 0.15) is 72.8 Å². The summed E-state index contributed by atoms with van der Waals surface area (Å²) in [6, 6.07) is 7.73. The molecule has 4 aromatic rings. The third kappa shape index (κ3) is 4.25. The largest absolute Gasteiger partial charge is 0.435 e. The Bertz CT molecular complexity index is 1480. The normalized spacial score (nSPS) is 20.1. The van der Waals surface area contributed by atoms with E-state index in [2.05, 4.69) is 15.0 Å². The second kappa shape index (κ2) is 9.26. The minimum absolute atomic E-state index is 0.0215. The Kier molecular flexibility index (Phi) is 5.91. The molecular weight excluding hydrogens is 485 g/mol. The van der Waals surface area contributed by atoms with Crippen molar-refractivity contribution in [1.82, 2.24) is 19.4 Å². The number of halogens is 3. The molecule has 0 amide bonds. The zero-order chi connectivity index (χ0) is 25.7. The first-order valence-electron chi connectivity index (χ1n) is 12.2. The summed E-state index contributed by atoms with van der Waals surface area (Å²) in [6.45, 7) is -2.99. The second-order valence-electron chi connectivity index (χ2n) is 9.51. The second-order valence-corrected chi connectivity index (χ2v) is 9.51. The zero-order valence-corrected chi connectivity index (χ0v) is 19.7. The summed E-state index contributed by atoms with van der Waals surface area (Å²) < 4.78 is 47.7. The SMILES string of the molecule is O=C1CCC(c2ncc(-c3cn4c5c(nc4cc3F)[C@H](O)C[C@@H]5c3ccccc3OC(F)F)cn2)CC1. The fourth-order valence-electron chi connectivity index (χ4n) is 5.48. The number of imidazole rings is 1. The number of aromatic nitrogens is 4. The maximum absolute atomic E-state index is 15.2. The number of para-hydroxylation sites is 1.